The molecule has 0 saturated heterocycles. The Morgan fingerprint density at radius 3 is 2.37 bits per heavy atom. The average Bonchev–Trinajstić information content (AvgIpc) is 2.39. The third-order valence-corrected chi connectivity index (χ3v) is 3.04. The molecular formula is C14H13BrO4. The smallest absolute Gasteiger partial charge is 0.321 e. The molecule has 0 aromatic heterocycles. The van der Waals surface area contributed by atoms with Gasteiger partial charge in [-0.25, -0.2) is 4.79 Å². The highest BCUT2D eigenvalue weighted by molar-refractivity contribution is 9.10. The fourth-order valence-corrected chi connectivity index (χ4v) is 1.81. The van der Waals surface area contributed by atoms with E-state index in [0.717, 1.165) is 4.47 Å². The van der Waals surface area contributed by atoms with Crippen LogP contribution < -0.4 is 0 Å². The van der Waals surface area contributed by atoms with Crippen molar-refractivity contribution in [2.75, 3.05) is 6.61 Å². The number of carbonyl (C=O) groups is 2. The predicted molar refractivity (Wildman–Crippen MR) is 73.5 cm³/mol. The van der Waals surface area contributed by atoms with E-state index in [-0.39, 0.29) is 12.2 Å². The second-order valence-electron chi connectivity index (χ2n) is 3.84. The molecule has 0 N–H and O–H groups in total. The molecule has 0 aliphatic carbocycles. The monoisotopic (exact) mass is 324 g/mol. The predicted octanol–water partition coefficient (Wildman–Crippen LogP) is 2.59. The van der Waals surface area contributed by atoms with Gasteiger partial charge in [0.25, 0.3) is 0 Å². The number of hydrogen-bond donors (Lipinski definition) is 0. The summed E-state index contributed by atoms with van der Waals surface area (Å²) in [5.74, 6) is -0.813. The second kappa shape index (κ2) is 7.02. The van der Waals surface area contributed by atoms with E-state index in [1.807, 2.05) is 0 Å². The van der Waals surface area contributed by atoms with E-state index < -0.39 is 17.7 Å². The molecule has 1 aromatic rings. The number of esters is 1. The molecule has 0 aliphatic heterocycles. The molecule has 4 nitrogen and oxygen atoms in total. The molecule has 1 unspecified atom stereocenters. The number of halogens is 1. The van der Waals surface area contributed by atoms with Gasteiger partial charge in [0.05, 0.1) is 6.61 Å². The maximum absolute atomic E-state index is 12.3. The van der Waals surface area contributed by atoms with Crippen LogP contribution in [0.2, 0.25) is 0 Å². The highest BCUT2D eigenvalue weighted by atomic mass is 79.9. The summed E-state index contributed by atoms with van der Waals surface area (Å²) in [6.07, 6.45) is 0. The van der Waals surface area contributed by atoms with Crippen LogP contribution in [0.3, 0.4) is 0 Å². The quantitative estimate of drug-likeness (QED) is 0.361. The first-order valence-electron chi connectivity index (χ1n) is 5.69. The molecular weight excluding hydrogens is 312 g/mol. The van der Waals surface area contributed by atoms with E-state index in [1.54, 1.807) is 37.1 Å². The first kappa shape index (κ1) is 15.3. The molecule has 0 heterocycles. The lowest BCUT2D eigenvalue weighted by Gasteiger charge is -2.13. The van der Waals surface area contributed by atoms with Gasteiger partial charge in [0.15, 0.2) is 11.7 Å². The fourth-order valence-electron chi connectivity index (χ4n) is 1.55. The highest BCUT2D eigenvalue weighted by Gasteiger charge is 2.31. The summed E-state index contributed by atoms with van der Waals surface area (Å²) in [7, 11) is 0. The molecule has 19 heavy (non-hydrogen) atoms. The highest BCUT2D eigenvalue weighted by Crippen LogP contribution is 2.19. The molecule has 1 aromatic carbocycles. The molecule has 0 spiro atoms. The number of rotatable bonds is 5. The van der Waals surface area contributed by atoms with Gasteiger partial charge in [0, 0.05) is 15.6 Å². The van der Waals surface area contributed by atoms with Gasteiger partial charge in [-0.1, -0.05) is 28.1 Å². The summed E-state index contributed by atoms with van der Waals surface area (Å²) in [4.78, 5) is 34.7. The van der Waals surface area contributed by atoms with Crippen molar-refractivity contribution in [3.63, 3.8) is 0 Å². The van der Waals surface area contributed by atoms with E-state index in [2.05, 4.69) is 15.9 Å². The number of carbonyl (C=O) groups excluding carboxylic acids is 3. The van der Waals surface area contributed by atoms with Gasteiger partial charge in [0.1, 0.15) is 5.94 Å². The normalized spacial score (nSPS) is 11.3. The zero-order chi connectivity index (χ0) is 14.4. The Morgan fingerprint density at radius 2 is 1.89 bits per heavy atom. The van der Waals surface area contributed by atoms with Crippen molar-refractivity contribution in [2.24, 2.45) is 5.92 Å². The number of hydrogen-bond acceptors (Lipinski definition) is 4. The molecule has 1 atom stereocenters. The van der Waals surface area contributed by atoms with Crippen molar-refractivity contribution >= 4 is 33.6 Å². The summed E-state index contributed by atoms with van der Waals surface area (Å²) in [5, 5.41) is 0. The van der Waals surface area contributed by atoms with Gasteiger partial charge in [0.2, 0.25) is 0 Å². The molecule has 0 bridgehead atoms. The number of benzene rings is 1. The molecule has 0 radical (unpaired) electrons. The Hall–Kier alpha value is -1.71. The van der Waals surface area contributed by atoms with Crippen molar-refractivity contribution in [1.82, 2.24) is 0 Å². The van der Waals surface area contributed by atoms with Crippen molar-refractivity contribution < 1.29 is 19.1 Å². The van der Waals surface area contributed by atoms with Crippen LogP contribution in [-0.4, -0.2) is 24.3 Å². The van der Waals surface area contributed by atoms with Crippen LogP contribution in [0.25, 0.3) is 0 Å². The third kappa shape index (κ3) is 3.88. The van der Waals surface area contributed by atoms with Gasteiger partial charge in [-0.2, -0.15) is 0 Å². The Balaban J connectivity index is 3.11. The third-order valence-electron chi connectivity index (χ3n) is 2.51. The SMILES string of the molecule is CCOC(=O)C(C(=O)c1ccc(Br)cc1)C(C)=C=O. The van der Waals surface area contributed by atoms with E-state index in [9.17, 15) is 14.4 Å². The maximum Gasteiger partial charge on any atom is 0.321 e. The lowest BCUT2D eigenvalue weighted by atomic mass is 9.92. The van der Waals surface area contributed by atoms with Crippen LogP contribution in [0, 0.1) is 5.92 Å². The fraction of sp³-hybridized carbons (Fsp3) is 0.286. The zero-order valence-electron chi connectivity index (χ0n) is 10.6. The minimum absolute atomic E-state index is 0.0198. The van der Waals surface area contributed by atoms with Crippen LogP contribution in [0.4, 0.5) is 0 Å². The first-order valence-corrected chi connectivity index (χ1v) is 6.48. The van der Waals surface area contributed by atoms with Gasteiger partial charge < -0.3 is 4.74 Å². The largest absolute Gasteiger partial charge is 0.465 e. The van der Waals surface area contributed by atoms with Crippen molar-refractivity contribution in [2.45, 2.75) is 13.8 Å². The summed E-state index contributed by atoms with van der Waals surface area (Å²) >= 11 is 3.26. The summed E-state index contributed by atoms with van der Waals surface area (Å²) in [5.41, 5.74) is 0.363. The molecule has 1 rings (SSSR count). The van der Waals surface area contributed by atoms with Gasteiger partial charge in [-0.15, -0.1) is 0 Å². The standard InChI is InChI=1S/C14H13BrO4/c1-3-19-14(18)12(9(2)8-16)13(17)10-4-6-11(15)7-5-10/h4-7,12H,3H2,1-2H3. The topological polar surface area (TPSA) is 60.4 Å². The van der Waals surface area contributed by atoms with Gasteiger partial charge >= 0.3 is 5.97 Å². The average molecular weight is 325 g/mol. The minimum atomic E-state index is -1.22. The lowest BCUT2D eigenvalue weighted by molar-refractivity contribution is -0.144. The second-order valence-corrected chi connectivity index (χ2v) is 4.76. The van der Waals surface area contributed by atoms with E-state index in [4.69, 9.17) is 4.74 Å². The molecule has 100 valence electrons. The Morgan fingerprint density at radius 1 is 1.32 bits per heavy atom. The summed E-state index contributed by atoms with van der Waals surface area (Å²) in [6, 6.07) is 6.54. The molecule has 0 amide bonds. The van der Waals surface area contributed by atoms with Crippen molar-refractivity contribution in [1.29, 1.82) is 0 Å². The van der Waals surface area contributed by atoms with Gasteiger partial charge in [-0.05, 0) is 26.0 Å². The Kier molecular flexibility index (Phi) is 5.67. The maximum atomic E-state index is 12.3. The van der Waals surface area contributed by atoms with Crippen LogP contribution >= 0.6 is 15.9 Å². The number of Topliss-reactive ketones (excluding diaryl/α,β-unsaturated/α-hetero) is 1. The zero-order valence-corrected chi connectivity index (χ0v) is 12.2. The van der Waals surface area contributed by atoms with Crippen LogP contribution in [0.5, 0.6) is 0 Å². The number of ether oxygens (including phenoxy) is 1. The van der Waals surface area contributed by atoms with E-state index in [1.165, 1.54) is 6.92 Å². The van der Waals surface area contributed by atoms with E-state index >= 15 is 0 Å². The molecule has 0 aliphatic rings. The lowest BCUT2D eigenvalue weighted by Crippen LogP contribution is -2.27. The summed E-state index contributed by atoms with van der Waals surface area (Å²) in [6.45, 7) is 3.18. The summed E-state index contributed by atoms with van der Waals surface area (Å²) < 4.78 is 5.64. The van der Waals surface area contributed by atoms with Gasteiger partial charge in [-0.3, -0.25) is 9.59 Å². The molecule has 0 fully saturated rings. The first-order chi connectivity index (χ1) is 9.01. The van der Waals surface area contributed by atoms with Crippen LogP contribution in [-0.2, 0) is 14.3 Å². The van der Waals surface area contributed by atoms with Crippen molar-refractivity contribution in [3.05, 3.63) is 39.9 Å². The minimum Gasteiger partial charge on any atom is -0.465 e. The molecule has 0 saturated carbocycles. The Bertz CT molecular complexity index is 527. The Labute approximate surface area is 119 Å². The van der Waals surface area contributed by atoms with E-state index in [0.29, 0.717) is 5.56 Å². The van der Waals surface area contributed by atoms with Crippen molar-refractivity contribution in [3.8, 4) is 0 Å². The number of ketones is 1. The molecule has 5 heteroatoms. The van der Waals surface area contributed by atoms with Crippen LogP contribution in [0.1, 0.15) is 24.2 Å². The van der Waals surface area contributed by atoms with Crippen LogP contribution in [0.15, 0.2) is 34.3 Å².